The van der Waals surface area contributed by atoms with Crippen LogP contribution in [0, 0.1) is 11.3 Å². The summed E-state index contributed by atoms with van der Waals surface area (Å²) in [6.07, 6.45) is 1.68. The van der Waals surface area contributed by atoms with Crippen molar-refractivity contribution >= 4 is 5.91 Å². The van der Waals surface area contributed by atoms with Crippen molar-refractivity contribution in [3.8, 4) is 0 Å². The van der Waals surface area contributed by atoms with Gasteiger partial charge in [-0.2, -0.15) is 0 Å². The molecule has 1 atom stereocenters. The van der Waals surface area contributed by atoms with Crippen LogP contribution in [-0.4, -0.2) is 12.5 Å². The van der Waals surface area contributed by atoms with Crippen molar-refractivity contribution in [2.24, 2.45) is 17.1 Å². The number of hydrogen-bond donors (Lipinski definition) is 2. The van der Waals surface area contributed by atoms with Crippen LogP contribution in [0.25, 0.3) is 0 Å². The molecule has 0 saturated heterocycles. The van der Waals surface area contributed by atoms with E-state index in [9.17, 15) is 4.79 Å². The van der Waals surface area contributed by atoms with Crippen molar-refractivity contribution in [2.75, 3.05) is 6.54 Å². The highest BCUT2D eigenvalue weighted by atomic mass is 16.1. The van der Waals surface area contributed by atoms with Crippen LogP contribution in [0.3, 0.4) is 0 Å². The van der Waals surface area contributed by atoms with E-state index >= 15 is 0 Å². The number of hydrogen-bond acceptors (Lipinski definition) is 2. The fourth-order valence-corrected chi connectivity index (χ4v) is 2.20. The van der Waals surface area contributed by atoms with Gasteiger partial charge in [-0.1, -0.05) is 38.1 Å². The Balaban J connectivity index is 1.76. The van der Waals surface area contributed by atoms with E-state index in [0.717, 1.165) is 17.7 Å². The van der Waals surface area contributed by atoms with Crippen molar-refractivity contribution in [1.82, 2.24) is 5.32 Å². The molecule has 0 aliphatic heterocycles. The van der Waals surface area contributed by atoms with E-state index in [1.807, 2.05) is 24.3 Å². The minimum atomic E-state index is 0.109. The van der Waals surface area contributed by atoms with Crippen LogP contribution in [0.15, 0.2) is 24.3 Å². The highest BCUT2D eigenvalue weighted by Crippen LogP contribution is 2.50. The molecule has 1 saturated carbocycles. The van der Waals surface area contributed by atoms with Crippen LogP contribution in [-0.2, 0) is 17.8 Å². The molecule has 3 heteroatoms. The zero-order valence-electron chi connectivity index (χ0n) is 11.2. The molecule has 0 radical (unpaired) electrons. The molecule has 18 heavy (non-hydrogen) atoms. The Kier molecular flexibility index (Phi) is 3.71. The fourth-order valence-electron chi connectivity index (χ4n) is 2.20. The summed E-state index contributed by atoms with van der Waals surface area (Å²) in [6, 6.07) is 7.91. The lowest BCUT2D eigenvalue weighted by Gasteiger charge is -2.07. The number of benzene rings is 1. The van der Waals surface area contributed by atoms with Crippen LogP contribution in [0.2, 0.25) is 0 Å². The first-order valence-electron chi connectivity index (χ1n) is 6.56. The van der Waals surface area contributed by atoms with Crippen LogP contribution in [0.4, 0.5) is 0 Å². The smallest absolute Gasteiger partial charge is 0.224 e. The lowest BCUT2D eigenvalue weighted by Crippen LogP contribution is -2.28. The predicted molar refractivity (Wildman–Crippen MR) is 72.9 cm³/mol. The monoisotopic (exact) mass is 246 g/mol. The van der Waals surface area contributed by atoms with Gasteiger partial charge in [0.25, 0.3) is 0 Å². The van der Waals surface area contributed by atoms with E-state index in [-0.39, 0.29) is 5.91 Å². The first-order valence-corrected chi connectivity index (χ1v) is 6.56. The van der Waals surface area contributed by atoms with Gasteiger partial charge in [0.15, 0.2) is 0 Å². The van der Waals surface area contributed by atoms with Gasteiger partial charge >= 0.3 is 0 Å². The lowest BCUT2D eigenvalue weighted by molar-refractivity contribution is -0.120. The first-order chi connectivity index (χ1) is 8.51. The molecule has 98 valence electrons. The molecule has 1 aromatic rings. The van der Waals surface area contributed by atoms with Gasteiger partial charge in [0.05, 0.1) is 6.42 Å². The van der Waals surface area contributed by atoms with Gasteiger partial charge in [-0.15, -0.1) is 0 Å². The molecular formula is C15H22N2O. The summed E-state index contributed by atoms with van der Waals surface area (Å²) in [6.45, 7) is 5.85. The van der Waals surface area contributed by atoms with Gasteiger partial charge in [-0.05, 0) is 28.9 Å². The zero-order chi connectivity index (χ0) is 13.2. The molecule has 1 aliphatic carbocycles. The number of nitrogens with two attached hydrogens (primary N) is 1. The number of rotatable bonds is 5. The van der Waals surface area contributed by atoms with Gasteiger partial charge in [-0.3, -0.25) is 4.79 Å². The first kappa shape index (κ1) is 13.1. The Hall–Kier alpha value is -1.35. The van der Waals surface area contributed by atoms with Gasteiger partial charge in [0.2, 0.25) is 5.91 Å². The van der Waals surface area contributed by atoms with Crippen LogP contribution >= 0.6 is 0 Å². The highest BCUT2D eigenvalue weighted by molar-refractivity contribution is 5.78. The summed E-state index contributed by atoms with van der Waals surface area (Å²) >= 11 is 0. The van der Waals surface area contributed by atoms with Gasteiger partial charge in [0, 0.05) is 13.1 Å². The number of nitrogens with one attached hydrogen (secondary N) is 1. The second-order valence-corrected chi connectivity index (χ2v) is 5.89. The van der Waals surface area contributed by atoms with Gasteiger partial charge < -0.3 is 11.1 Å². The largest absolute Gasteiger partial charge is 0.356 e. The fraction of sp³-hybridized carbons (Fsp3) is 0.533. The van der Waals surface area contributed by atoms with Gasteiger partial charge in [-0.25, -0.2) is 0 Å². The predicted octanol–water partition coefficient (Wildman–Crippen LogP) is 1.85. The Morgan fingerprint density at radius 1 is 1.33 bits per heavy atom. The van der Waals surface area contributed by atoms with E-state index in [1.165, 1.54) is 6.42 Å². The van der Waals surface area contributed by atoms with E-state index in [4.69, 9.17) is 5.73 Å². The van der Waals surface area contributed by atoms with Crippen molar-refractivity contribution in [2.45, 2.75) is 33.2 Å². The maximum absolute atomic E-state index is 11.8. The SMILES string of the molecule is CC1(C)CC1CNC(=O)Cc1ccc(CN)cc1. The maximum atomic E-state index is 11.8. The van der Waals surface area contributed by atoms with Gasteiger partial charge in [0.1, 0.15) is 0 Å². The third-order valence-electron chi connectivity index (χ3n) is 3.89. The molecule has 0 heterocycles. The minimum Gasteiger partial charge on any atom is -0.356 e. The summed E-state index contributed by atoms with van der Waals surface area (Å²) in [7, 11) is 0. The molecule has 0 aromatic heterocycles. The van der Waals surface area contributed by atoms with Crippen molar-refractivity contribution in [1.29, 1.82) is 0 Å². The van der Waals surface area contributed by atoms with E-state index in [0.29, 0.717) is 24.3 Å². The Bertz CT molecular complexity index is 423. The van der Waals surface area contributed by atoms with Crippen molar-refractivity contribution in [3.05, 3.63) is 35.4 Å². The molecule has 1 unspecified atom stereocenters. The third kappa shape index (κ3) is 3.33. The Morgan fingerprint density at radius 2 is 1.89 bits per heavy atom. The number of carbonyl (C=O) groups is 1. The summed E-state index contributed by atoms with van der Waals surface area (Å²) in [5.74, 6) is 0.763. The molecule has 3 N–H and O–H groups in total. The highest BCUT2D eigenvalue weighted by Gasteiger charge is 2.45. The lowest BCUT2D eigenvalue weighted by atomic mass is 10.1. The van der Waals surface area contributed by atoms with E-state index in [2.05, 4.69) is 19.2 Å². The molecule has 1 amide bonds. The average molecular weight is 246 g/mol. The average Bonchev–Trinajstić information content (AvgIpc) is 2.96. The van der Waals surface area contributed by atoms with Crippen LogP contribution in [0.5, 0.6) is 0 Å². The summed E-state index contributed by atoms with van der Waals surface area (Å²) in [5.41, 5.74) is 8.10. The molecule has 1 fully saturated rings. The normalized spacial score (nSPS) is 20.5. The third-order valence-corrected chi connectivity index (χ3v) is 3.89. The Labute approximate surface area is 109 Å². The van der Waals surface area contributed by atoms with E-state index in [1.54, 1.807) is 0 Å². The topological polar surface area (TPSA) is 55.1 Å². The van der Waals surface area contributed by atoms with Crippen molar-refractivity contribution in [3.63, 3.8) is 0 Å². The number of amides is 1. The van der Waals surface area contributed by atoms with E-state index < -0.39 is 0 Å². The summed E-state index contributed by atoms with van der Waals surface area (Å²) in [5, 5.41) is 3.01. The molecule has 0 bridgehead atoms. The molecule has 1 aliphatic rings. The molecular weight excluding hydrogens is 224 g/mol. The van der Waals surface area contributed by atoms with Crippen molar-refractivity contribution < 1.29 is 4.79 Å². The van der Waals surface area contributed by atoms with Crippen LogP contribution in [0.1, 0.15) is 31.4 Å². The summed E-state index contributed by atoms with van der Waals surface area (Å²) in [4.78, 5) is 11.8. The molecule has 2 rings (SSSR count). The second-order valence-electron chi connectivity index (χ2n) is 5.89. The zero-order valence-corrected chi connectivity index (χ0v) is 11.2. The maximum Gasteiger partial charge on any atom is 0.224 e. The minimum absolute atomic E-state index is 0.109. The molecule has 1 aromatic carbocycles. The summed E-state index contributed by atoms with van der Waals surface area (Å²) < 4.78 is 0. The standard InChI is InChI=1S/C15H22N2O/c1-15(2)8-13(15)10-17-14(18)7-11-3-5-12(9-16)6-4-11/h3-6,13H,7-10,16H2,1-2H3,(H,17,18). The Morgan fingerprint density at radius 3 is 2.39 bits per heavy atom. The molecule has 3 nitrogen and oxygen atoms in total. The number of carbonyl (C=O) groups excluding carboxylic acids is 1. The quantitative estimate of drug-likeness (QED) is 0.833. The van der Waals surface area contributed by atoms with Crippen LogP contribution < -0.4 is 11.1 Å². The molecule has 0 spiro atoms. The second kappa shape index (κ2) is 5.11.